The molecule has 0 saturated heterocycles. The Labute approximate surface area is 181 Å². The molecule has 0 aliphatic rings. The van der Waals surface area contributed by atoms with Gasteiger partial charge in [-0.25, -0.2) is 18.1 Å². The summed E-state index contributed by atoms with van der Waals surface area (Å²) >= 11 is 0. The maximum absolute atomic E-state index is 12.0. The molecule has 0 saturated carbocycles. The molecule has 2 aromatic rings. The number of sulfonamides is 1. The van der Waals surface area contributed by atoms with Gasteiger partial charge in [-0.1, -0.05) is 6.07 Å². The molecular formula is C17H24IN5O4S. The molecule has 154 valence electrons. The molecule has 1 aromatic carbocycles. The highest BCUT2D eigenvalue weighted by atomic mass is 127. The molecule has 4 N–H and O–H groups in total. The molecular weight excluding hydrogens is 497 g/mol. The van der Waals surface area contributed by atoms with Gasteiger partial charge in [0, 0.05) is 25.5 Å². The number of hydrogen-bond donors (Lipinski definition) is 3. The zero-order valence-electron chi connectivity index (χ0n) is 15.6. The Bertz CT molecular complexity index is 878. The number of aromatic nitrogens is 1. The van der Waals surface area contributed by atoms with Gasteiger partial charge in [-0.05, 0) is 29.8 Å². The molecule has 0 radical (unpaired) electrons. The molecule has 0 bridgehead atoms. The van der Waals surface area contributed by atoms with Gasteiger partial charge in [0.15, 0.2) is 17.5 Å². The number of hydrogen-bond acceptors (Lipinski definition) is 6. The summed E-state index contributed by atoms with van der Waals surface area (Å²) in [6, 6.07) is 8.51. The van der Waals surface area contributed by atoms with Gasteiger partial charge in [0.05, 0.1) is 20.8 Å². The van der Waals surface area contributed by atoms with Crippen molar-refractivity contribution in [2.75, 3.05) is 27.3 Å². The Kier molecular flexibility index (Phi) is 9.96. The summed E-state index contributed by atoms with van der Waals surface area (Å²) in [6.45, 7) is 0.797. The maximum Gasteiger partial charge on any atom is 0.242 e. The van der Waals surface area contributed by atoms with Crippen LogP contribution in [0.2, 0.25) is 0 Å². The SMILES string of the molecule is COc1ccc(CN=C(N)NCCNS(=O)(=O)c2cccnc2)cc1OC.I. The summed E-state index contributed by atoms with van der Waals surface area (Å²) in [5.74, 6) is 1.46. The van der Waals surface area contributed by atoms with Gasteiger partial charge in [-0.2, -0.15) is 0 Å². The zero-order valence-corrected chi connectivity index (χ0v) is 18.7. The van der Waals surface area contributed by atoms with Crippen LogP contribution in [0.1, 0.15) is 5.56 Å². The number of nitrogens with zero attached hydrogens (tertiary/aromatic N) is 2. The van der Waals surface area contributed by atoms with Crippen molar-refractivity contribution in [1.82, 2.24) is 15.0 Å². The average molecular weight is 521 g/mol. The number of methoxy groups -OCH3 is 2. The predicted octanol–water partition coefficient (Wildman–Crippen LogP) is 1.10. The first-order valence-corrected chi connectivity index (χ1v) is 9.59. The van der Waals surface area contributed by atoms with E-state index in [1.807, 2.05) is 12.1 Å². The first-order chi connectivity index (χ1) is 13.0. The highest BCUT2D eigenvalue weighted by Crippen LogP contribution is 2.27. The van der Waals surface area contributed by atoms with Crippen molar-refractivity contribution in [1.29, 1.82) is 0 Å². The summed E-state index contributed by atoms with van der Waals surface area (Å²) in [5, 5.41) is 2.86. The van der Waals surface area contributed by atoms with Crippen molar-refractivity contribution < 1.29 is 17.9 Å². The molecule has 0 amide bonds. The second-order valence-electron chi connectivity index (χ2n) is 5.40. The largest absolute Gasteiger partial charge is 0.493 e. The van der Waals surface area contributed by atoms with E-state index in [1.54, 1.807) is 26.4 Å². The number of guanidine groups is 1. The standard InChI is InChI=1S/C17H23N5O4S.HI/c1-25-15-6-5-13(10-16(15)26-2)11-21-17(18)20-8-9-22-27(23,24)14-4-3-7-19-12-14;/h3-7,10,12,22H,8-9,11H2,1-2H3,(H3,18,20,21);1H. The second-order valence-corrected chi connectivity index (χ2v) is 7.17. The molecule has 9 nitrogen and oxygen atoms in total. The third kappa shape index (κ3) is 7.13. The number of rotatable bonds is 9. The number of pyridine rings is 1. The van der Waals surface area contributed by atoms with Crippen molar-refractivity contribution in [3.05, 3.63) is 48.3 Å². The number of ether oxygens (including phenoxy) is 2. The normalized spacial score (nSPS) is 11.4. The Balaban J connectivity index is 0.00000392. The van der Waals surface area contributed by atoms with Gasteiger partial charge in [0.1, 0.15) is 4.90 Å². The molecule has 0 fully saturated rings. The van der Waals surface area contributed by atoms with Crippen molar-refractivity contribution in [3.8, 4) is 11.5 Å². The first-order valence-electron chi connectivity index (χ1n) is 8.10. The van der Waals surface area contributed by atoms with E-state index in [9.17, 15) is 8.42 Å². The Hall–Kier alpha value is -2.12. The van der Waals surface area contributed by atoms with Crippen LogP contribution >= 0.6 is 24.0 Å². The molecule has 0 unspecified atom stereocenters. The van der Waals surface area contributed by atoms with Crippen LogP contribution in [0.25, 0.3) is 0 Å². The molecule has 28 heavy (non-hydrogen) atoms. The van der Waals surface area contributed by atoms with Crippen LogP contribution in [0, 0.1) is 0 Å². The van der Waals surface area contributed by atoms with Crippen LogP contribution in [0.5, 0.6) is 11.5 Å². The fraction of sp³-hybridized carbons (Fsp3) is 0.294. The lowest BCUT2D eigenvalue weighted by atomic mass is 10.2. The summed E-state index contributed by atoms with van der Waals surface area (Å²) in [4.78, 5) is 8.12. The quantitative estimate of drug-likeness (QED) is 0.195. The smallest absolute Gasteiger partial charge is 0.242 e. The van der Waals surface area contributed by atoms with Crippen LogP contribution in [0.4, 0.5) is 0 Å². The van der Waals surface area contributed by atoms with Crippen molar-refractivity contribution in [2.45, 2.75) is 11.4 Å². The Morgan fingerprint density at radius 1 is 1.18 bits per heavy atom. The first kappa shape index (κ1) is 23.9. The van der Waals surface area contributed by atoms with E-state index < -0.39 is 10.0 Å². The molecule has 0 atom stereocenters. The van der Waals surface area contributed by atoms with Crippen LogP contribution in [0.15, 0.2) is 52.6 Å². The molecule has 0 aliphatic carbocycles. The van der Waals surface area contributed by atoms with Crippen LogP contribution < -0.4 is 25.2 Å². The number of nitrogens with one attached hydrogen (secondary N) is 2. The van der Waals surface area contributed by atoms with Gasteiger partial charge in [-0.15, -0.1) is 24.0 Å². The molecule has 0 spiro atoms. The lowest BCUT2D eigenvalue weighted by molar-refractivity contribution is 0.354. The van der Waals surface area contributed by atoms with E-state index >= 15 is 0 Å². The highest BCUT2D eigenvalue weighted by Gasteiger charge is 2.12. The topological polar surface area (TPSA) is 128 Å². The Morgan fingerprint density at radius 3 is 2.57 bits per heavy atom. The van der Waals surface area contributed by atoms with Crippen molar-refractivity contribution in [2.24, 2.45) is 10.7 Å². The van der Waals surface area contributed by atoms with Crippen LogP contribution in [-0.2, 0) is 16.6 Å². The monoisotopic (exact) mass is 521 g/mol. The van der Waals surface area contributed by atoms with Gasteiger partial charge in [0.2, 0.25) is 10.0 Å². The van der Waals surface area contributed by atoms with Gasteiger partial charge >= 0.3 is 0 Å². The van der Waals surface area contributed by atoms with E-state index in [2.05, 4.69) is 20.0 Å². The lowest BCUT2D eigenvalue weighted by Gasteiger charge is -2.09. The lowest BCUT2D eigenvalue weighted by Crippen LogP contribution is -2.38. The summed E-state index contributed by atoms with van der Waals surface area (Å²) in [6.07, 6.45) is 2.80. The molecule has 2 rings (SSSR count). The van der Waals surface area contributed by atoms with Crippen molar-refractivity contribution >= 4 is 40.0 Å². The number of nitrogens with two attached hydrogens (primary N) is 1. The number of halogens is 1. The fourth-order valence-corrected chi connectivity index (χ4v) is 3.17. The van der Waals surface area contributed by atoms with Crippen LogP contribution in [-0.4, -0.2) is 46.7 Å². The maximum atomic E-state index is 12.0. The van der Waals surface area contributed by atoms with Crippen molar-refractivity contribution in [3.63, 3.8) is 0 Å². The highest BCUT2D eigenvalue weighted by molar-refractivity contribution is 14.0. The summed E-state index contributed by atoms with van der Waals surface area (Å²) in [5.41, 5.74) is 6.70. The van der Waals surface area contributed by atoms with E-state index in [-0.39, 0.29) is 41.4 Å². The van der Waals surface area contributed by atoms with Gasteiger partial charge in [0.25, 0.3) is 0 Å². The number of aliphatic imine (C=N–C) groups is 1. The van der Waals surface area contributed by atoms with Crippen LogP contribution in [0.3, 0.4) is 0 Å². The van der Waals surface area contributed by atoms with E-state index in [1.165, 1.54) is 18.5 Å². The van der Waals surface area contributed by atoms with E-state index in [0.717, 1.165) is 5.56 Å². The minimum absolute atomic E-state index is 0. The average Bonchev–Trinajstić information content (AvgIpc) is 2.70. The third-order valence-electron chi connectivity index (χ3n) is 3.55. The molecule has 1 aromatic heterocycles. The van der Waals surface area contributed by atoms with E-state index in [4.69, 9.17) is 15.2 Å². The molecule has 0 aliphatic heterocycles. The predicted molar refractivity (Wildman–Crippen MR) is 118 cm³/mol. The molecule has 11 heteroatoms. The van der Waals surface area contributed by atoms with E-state index in [0.29, 0.717) is 24.6 Å². The third-order valence-corrected chi connectivity index (χ3v) is 4.99. The summed E-state index contributed by atoms with van der Waals surface area (Å²) in [7, 11) is -0.454. The number of benzene rings is 1. The summed E-state index contributed by atoms with van der Waals surface area (Å²) < 4.78 is 37.0. The van der Waals surface area contributed by atoms with Gasteiger partial charge < -0.3 is 20.5 Å². The minimum Gasteiger partial charge on any atom is -0.493 e. The Morgan fingerprint density at radius 2 is 1.93 bits per heavy atom. The zero-order chi connectivity index (χ0) is 19.7. The molecule has 1 heterocycles. The second kappa shape index (κ2) is 11.7. The fourth-order valence-electron chi connectivity index (χ4n) is 2.18. The minimum atomic E-state index is -3.59. The van der Waals surface area contributed by atoms with Gasteiger partial charge in [-0.3, -0.25) is 4.98 Å².